The molecule has 26 heavy (non-hydrogen) atoms. The number of phenolic OH excluding ortho intramolecular Hbond substituents is 1. The molecule has 1 aromatic carbocycles. The van der Waals surface area contributed by atoms with Gasteiger partial charge in [0.25, 0.3) is 0 Å². The van der Waals surface area contributed by atoms with Crippen molar-refractivity contribution in [3.05, 3.63) is 51.1 Å². The first-order valence-corrected chi connectivity index (χ1v) is 8.81. The van der Waals surface area contributed by atoms with Crippen LogP contribution >= 0.6 is 0 Å². The summed E-state index contributed by atoms with van der Waals surface area (Å²) in [5, 5.41) is 27.9. The van der Waals surface area contributed by atoms with Crippen molar-refractivity contribution in [3.8, 4) is 11.8 Å². The highest BCUT2D eigenvalue weighted by Gasteiger charge is 2.22. The Morgan fingerprint density at radius 2 is 1.92 bits per heavy atom. The maximum atomic E-state index is 10.3. The third-order valence-corrected chi connectivity index (χ3v) is 5.30. The molecule has 136 valence electrons. The number of nitrogens with zero attached hydrogens (tertiary/aromatic N) is 4. The number of fused-ring (bicyclic) bond motifs is 1. The fraction of sp³-hybridized carbons (Fsp3) is 0.421. The van der Waals surface area contributed by atoms with Crippen LogP contribution in [0.15, 0.2) is 10.6 Å². The maximum Gasteiger partial charge on any atom is 0.414 e. The van der Waals surface area contributed by atoms with Crippen LogP contribution in [-0.4, -0.2) is 30.1 Å². The SMILES string of the molecule is Cc1cc(Cc2c(C)nn(Cc3noc(O)n3)c2C)c2c(c1O)CCC2. The highest BCUT2D eigenvalue weighted by molar-refractivity contribution is 5.53. The van der Waals surface area contributed by atoms with Gasteiger partial charge in [-0.05, 0) is 62.3 Å². The van der Waals surface area contributed by atoms with Gasteiger partial charge in [-0.3, -0.25) is 9.20 Å². The van der Waals surface area contributed by atoms with Gasteiger partial charge in [0.1, 0.15) is 12.3 Å². The fourth-order valence-electron chi connectivity index (χ4n) is 3.95. The van der Waals surface area contributed by atoms with Crippen molar-refractivity contribution in [2.45, 2.75) is 53.0 Å². The van der Waals surface area contributed by atoms with Crippen LogP contribution in [0.25, 0.3) is 0 Å². The van der Waals surface area contributed by atoms with E-state index in [-0.39, 0.29) is 0 Å². The van der Waals surface area contributed by atoms with E-state index in [4.69, 9.17) is 0 Å². The van der Waals surface area contributed by atoms with E-state index in [9.17, 15) is 10.2 Å². The number of benzene rings is 1. The number of aryl methyl sites for hydroxylation is 2. The van der Waals surface area contributed by atoms with Crippen LogP contribution in [0, 0.1) is 20.8 Å². The van der Waals surface area contributed by atoms with Gasteiger partial charge in [-0.1, -0.05) is 11.2 Å². The number of hydrogen-bond acceptors (Lipinski definition) is 6. The zero-order chi connectivity index (χ0) is 18.4. The molecule has 0 atom stereocenters. The lowest BCUT2D eigenvalue weighted by molar-refractivity contribution is 0.266. The molecule has 2 heterocycles. The highest BCUT2D eigenvalue weighted by atomic mass is 16.6. The molecule has 2 aromatic heterocycles. The largest absolute Gasteiger partial charge is 0.507 e. The predicted molar refractivity (Wildman–Crippen MR) is 94.4 cm³/mol. The third kappa shape index (κ3) is 2.73. The molecule has 0 bridgehead atoms. The summed E-state index contributed by atoms with van der Waals surface area (Å²) in [6.07, 6.45) is 3.43. The molecule has 0 fully saturated rings. The van der Waals surface area contributed by atoms with Gasteiger partial charge in [0, 0.05) is 17.7 Å². The van der Waals surface area contributed by atoms with E-state index in [0.717, 1.165) is 48.2 Å². The number of phenols is 1. The number of hydrogen-bond donors (Lipinski definition) is 2. The Morgan fingerprint density at radius 1 is 1.15 bits per heavy atom. The van der Waals surface area contributed by atoms with Gasteiger partial charge < -0.3 is 10.2 Å². The number of aromatic nitrogens is 4. The summed E-state index contributed by atoms with van der Waals surface area (Å²) >= 11 is 0. The molecule has 0 amide bonds. The normalized spacial score (nSPS) is 13.3. The van der Waals surface area contributed by atoms with Gasteiger partial charge >= 0.3 is 6.08 Å². The van der Waals surface area contributed by atoms with Crippen LogP contribution in [0.3, 0.4) is 0 Å². The maximum absolute atomic E-state index is 10.3. The van der Waals surface area contributed by atoms with Crippen molar-refractivity contribution >= 4 is 0 Å². The second-order valence-corrected chi connectivity index (χ2v) is 6.99. The average molecular weight is 354 g/mol. The van der Waals surface area contributed by atoms with Crippen molar-refractivity contribution in [1.29, 1.82) is 0 Å². The van der Waals surface area contributed by atoms with Crippen LogP contribution in [0.2, 0.25) is 0 Å². The van der Waals surface area contributed by atoms with Crippen LogP contribution < -0.4 is 0 Å². The minimum Gasteiger partial charge on any atom is -0.507 e. The number of rotatable bonds is 4. The van der Waals surface area contributed by atoms with Gasteiger partial charge in [-0.15, -0.1) is 0 Å². The minimum atomic E-state index is -0.433. The molecule has 1 aliphatic carbocycles. The molecule has 7 heteroatoms. The van der Waals surface area contributed by atoms with Crippen LogP contribution in [0.1, 0.15) is 51.5 Å². The Bertz CT molecular complexity index is 987. The van der Waals surface area contributed by atoms with Crippen molar-refractivity contribution in [2.24, 2.45) is 0 Å². The van der Waals surface area contributed by atoms with Gasteiger partial charge in [0.2, 0.25) is 0 Å². The molecular weight excluding hydrogens is 332 g/mol. The van der Waals surface area contributed by atoms with Gasteiger partial charge in [-0.25, -0.2) is 0 Å². The van der Waals surface area contributed by atoms with E-state index in [2.05, 4.69) is 25.8 Å². The molecule has 4 rings (SSSR count). The van der Waals surface area contributed by atoms with Gasteiger partial charge in [-0.2, -0.15) is 10.1 Å². The molecule has 0 aliphatic heterocycles. The van der Waals surface area contributed by atoms with Crippen molar-refractivity contribution in [3.63, 3.8) is 0 Å². The van der Waals surface area contributed by atoms with E-state index in [1.807, 2.05) is 25.5 Å². The Labute approximate surface area is 151 Å². The lowest BCUT2D eigenvalue weighted by Gasteiger charge is -2.13. The predicted octanol–water partition coefficient (Wildman–Crippen LogP) is 2.73. The molecule has 0 unspecified atom stereocenters. The van der Waals surface area contributed by atoms with Crippen molar-refractivity contribution in [2.75, 3.05) is 0 Å². The fourth-order valence-corrected chi connectivity index (χ4v) is 3.95. The lowest BCUT2D eigenvalue weighted by atomic mass is 9.93. The summed E-state index contributed by atoms with van der Waals surface area (Å²) in [6, 6.07) is 2.10. The topological polar surface area (TPSA) is 97.2 Å². The monoisotopic (exact) mass is 354 g/mol. The summed E-state index contributed by atoms with van der Waals surface area (Å²) < 4.78 is 6.45. The molecule has 0 saturated carbocycles. The van der Waals surface area contributed by atoms with Crippen LogP contribution in [0.5, 0.6) is 11.8 Å². The Balaban J connectivity index is 1.68. The summed E-state index contributed by atoms with van der Waals surface area (Å²) in [5.41, 5.74) is 7.81. The average Bonchev–Trinajstić information content (AvgIpc) is 3.29. The third-order valence-electron chi connectivity index (χ3n) is 5.30. The summed E-state index contributed by atoms with van der Waals surface area (Å²) in [5.74, 6) is 0.850. The summed E-state index contributed by atoms with van der Waals surface area (Å²) in [7, 11) is 0. The molecule has 0 saturated heterocycles. The van der Waals surface area contributed by atoms with E-state index in [1.54, 1.807) is 0 Å². The van der Waals surface area contributed by atoms with Crippen LogP contribution in [-0.2, 0) is 25.8 Å². The van der Waals surface area contributed by atoms with E-state index < -0.39 is 6.08 Å². The second-order valence-electron chi connectivity index (χ2n) is 6.99. The van der Waals surface area contributed by atoms with Crippen molar-refractivity contribution in [1.82, 2.24) is 19.9 Å². The smallest absolute Gasteiger partial charge is 0.414 e. The van der Waals surface area contributed by atoms with E-state index >= 15 is 0 Å². The number of aromatic hydroxyl groups is 2. The second kappa shape index (κ2) is 6.16. The molecule has 0 radical (unpaired) electrons. The molecule has 2 N–H and O–H groups in total. The minimum absolute atomic E-state index is 0.351. The van der Waals surface area contributed by atoms with Crippen LogP contribution in [0.4, 0.5) is 0 Å². The molecule has 0 spiro atoms. The Hall–Kier alpha value is -2.83. The van der Waals surface area contributed by atoms with E-state index in [1.165, 1.54) is 16.7 Å². The molecular formula is C19H22N4O3. The lowest BCUT2D eigenvalue weighted by Crippen LogP contribution is -2.06. The first-order chi connectivity index (χ1) is 12.4. The van der Waals surface area contributed by atoms with Gasteiger partial charge in [0.05, 0.1) is 5.69 Å². The standard InChI is InChI=1S/C19H22N4O3/c1-10-7-13(14-5-4-6-15(14)18(10)24)8-16-11(2)21-23(12(16)3)9-17-20-19(25)26-22-17/h7,24H,4-6,8-9H2,1-3H3,(H,20,22,25). The summed E-state index contributed by atoms with van der Waals surface area (Å²) in [4.78, 5) is 3.83. The zero-order valence-electron chi connectivity index (χ0n) is 15.2. The summed E-state index contributed by atoms with van der Waals surface area (Å²) in [6.45, 7) is 6.34. The molecule has 1 aliphatic rings. The Morgan fingerprint density at radius 3 is 2.65 bits per heavy atom. The quantitative estimate of drug-likeness (QED) is 0.748. The molecule has 3 aromatic rings. The van der Waals surface area contributed by atoms with Crippen molar-refractivity contribution < 1.29 is 14.7 Å². The first kappa shape index (κ1) is 16.6. The van der Waals surface area contributed by atoms with Gasteiger partial charge in [0.15, 0.2) is 5.82 Å². The first-order valence-electron chi connectivity index (χ1n) is 8.81. The van der Waals surface area contributed by atoms with E-state index in [0.29, 0.717) is 18.1 Å². The molecule has 7 nitrogen and oxygen atoms in total. The Kier molecular flexibility index (Phi) is 3.94. The highest BCUT2D eigenvalue weighted by Crippen LogP contribution is 2.36. The zero-order valence-corrected chi connectivity index (χ0v) is 15.2.